The Balaban J connectivity index is 2.43. The first kappa shape index (κ1) is 21.0. The first-order valence-corrected chi connectivity index (χ1v) is 10.1. The maximum absolute atomic E-state index is 12.8. The average molecular weight is 416 g/mol. The van der Waals surface area contributed by atoms with Crippen molar-refractivity contribution in [1.29, 1.82) is 0 Å². The molecule has 0 aromatic heterocycles. The highest BCUT2D eigenvalue weighted by molar-refractivity contribution is 7.92. The number of rotatable bonds is 9. The number of benzene rings is 2. The van der Waals surface area contributed by atoms with Gasteiger partial charge in [-0.2, -0.15) is 0 Å². The molecule has 1 N–H and O–H groups in total. The van der Waals surface area contributed by atoms with Crippen molar-refractivity contribution in [3.63, 3.8) is 0 Å². The Morgan fingerprint density at radius 2 is 1.52 bits per heavy atom. The summed E-state index contributed by atoms with van der Waals surface area (Å²) >= 11 is 6.06. The van der Waals surface area contributed by atoms with Gasteiger partial charge in [0, 0.05) is 18.2 Å². The van der Waals surface area contributed by atoms with Gasteiger partial charge in [0.25, 0.3) is 10.0 Å². The number of anilines is 1. The van der Waals surface area contributed by atoms with Gasteiger partial charge in [-0.3, -0.25) is 4.72 Å². The number of ether oxygens (including phenoxy) is 4. The fourth-order valence-corrected chi connectivity index (χ4v) is 3.65. The van der Waals surface area contributed by atoms with Crippen LogP contribution in [0.5, 0.6) is 23.0 Å². The number of sulfonamides is 1. The van der Waals surface area contributed by atoms with Gasteiger partial charge < -0.3 is 18.9 Å². The molecule has 27 heavy (non-hydrogen) atoms. The summed E-state index contributed by atoms with van der Waals surface area (Å²) in [6.07, 6.45) is 0. The summed E-state index contributed by atoms with van der Waals surface area (Å²) < 4.78 is 49.5. The van der Waals surface area contributed by atoms with Gasteiger partial charge in [0.1, 0.15) is 11.5 Å². The summed E-state index contributed by atoms with van der Waals surface area (Å²) in [6, 6.07) is 7.34. The van der Waals surface area contributed by atoms with Crippen molar-refractivity contribution in [1.82, 2.24) is 0 Å². The predicted octanol–water partition coefficient (Wildman–Crippen LogP) is 3.96. The summed E-state index contributed by atoms with van der Waals surface area (Å²) in [5.41, 5.74) is 0.200. The van der Waals surface area contributed by atoms with E-state index >= 15 is 0 Å². The zero-order valence-electron chi connectivity index (χ0n) is 15.5. The summed E-state index contributed by atoms with van der Waals surface area (Å²) in [7, 11) is -1.07. The van der Waals surface area contributed by atoms with Crippen LogP contribution in [-0.4, -0.2) is 35.9 Å². The van der Waals surface area contributed by atoms with Crippen LogP contribution >= 0.6 is 11.6 Å². The van der Waals surface area contributed by atoms with E-state index < -0.39 is 10.0 Å². The lowest BCUT2D eigenvalue weighted by Crippen LogP contribution is -2.14. The number of hydrogen-bond acceptors (Lipinski definition) is 6. The minimum Gasteiger partial charge on any atom is -0.495 e. The molecule has 148 valence electrons. The van der Waals surface area contributed by atoms with Gasteiger partial charge in [-0.05, 0) is 26.0 Å². The maximum Gasteiger partial charge on any atom is 0.262 e. The fraction of sp³-hybridized carbons (Fsp3) is 0.333. The quantitative estimate of drug-likeness (QED) is 0.667. The number of halogens is 1. The van der Waals surface area contributed by atoms with E-state index in [1.807, 2.05) is 6.92 Å². The van der Waals surface area contributed by atoms with E-state index in [4.69, 9.17) is 30.5 Å². The van der Waals surface area contributed by atoms with Crippen molar-refractivity contribution in [3.8, 4) is 23.0 Å². The van der Waals surface area contributed by atoms with Crippen molar-refractivity contribution >= 4 is 27.3 Å². The monoisotopic (exact) mass is 415 g/mol. The second kappa shape index (κ2) is 9.05. The molecule has 0 saturated carbocycles. The van der Waals surface area contributed by atoms with E-state index in [0.717, 1.165) is 0 Å². The molecule has 2 aromatic rings. The molecule has 0 aliphatic rings. The minimum atomic E-state index is -3.92. The predicted molar refractivity (Wildman–Crippen MR) is 104 cm³/mol. The van der Waals surface area contributed by atoms with Crippen LogP contribution in [0.2, 0.25) is 5.02 Å². The van der Waals surface area contributed by atoms with Crippen molar-refractivity contribution in [3.05, 3.63) is 35.4 Å². The Hall–Kier alpha value is -2.32. The van der Waals surface area contributed by atoms with Crippen LogP contribution in [0.15, 0.2) is 35.2 Å². The van der Waals surface area contributed by atoms with Gasteiger partial charge in [0.2, 0.25) is 0 Å². The van der Waals surface area contributed by atoms with Crippen molar-refractivity contribution in [2.75, 3.05) is 32.2 Å². The lowest BCUT2D eigenvalue weighted by atomic mass is 10.3. The zero-order valence-corrected chi connectivity index (χ0v) is 17.1. The van der Waals surface area contributed by atoms with Crippen LogP contribution in [0, 0.1) is 0 Å². The molecule has 0 radical (unpaired) electrons. The molecule has 0 heterocycles. The van der Waals surface area contributed by atoms with E-state index in [0.29, 0.717) is 35.5 Å². The molecule has 0 amide bonds. The molecule has 0 aliphatic carbocycles. The number of methoxy groups -OCH3 is 2. The van der Waals surface area contributed by atoms with Crippen molar-refractivity contribution in [2.24, 2.45) is 0 Å². The Labute approximate surface area is 164 Å². The minimum absolute atomic E-state index is 0.0189. The average Bonchev–Trinajstić information content (AvgIpc) is 2.64. The first-order chi connectivity index (χ1) is 12.9. The van der Waals surface area contributed by atoms with E-state index in [2.05, 4.69) is 4.72 Å². The molecule has 0 spiro atoms. The molecule has 2 rings (SSSR count). The molecule has 7 nitrogen and oxygen atoms in total. The maximum atomic E-state index is 12.8. The second-order valence-corrected chi connectivity index (χ2v) is 7.36. The SMILES string of the molecule is CCOc1ccc(S(=O)(=O)Nc2cc(OC)c(Cl)cc2OC)cc1OCC. The van der Waals surface area contributed by atoms with Gasteiger partial charge in [-0.1, -0.05) is 11.6 Å². The number of hydrogen-bond donors (Lipinski definition) is 1. The molecule has 0 fully saturated rings. The molecule has 0 atom stereocenters. The van der Waals surface area contributed by atoms with Crippen LogP contribution in [-0.2, 0) is 10.0 Å². The Kier molecular flexibility index (Phi) is 7.04. The lowest BCUT2D eigenvalue weighted by molar-refractivity contribution is 0.287. The fourth-order valence-electron chi connectivity index (χ4n) is 2.34. The molecule has 0 unspecified atom stereocenters. The van der Waals surface area contributed by atoms with Gasteiger partial charge in [-0.15, -0.1) is 0 Å². The lowest BCUT2D eigenvalue weighted by Gasteiger charge is -2.16. The van der Waals surface area contributed by atoms with Crippen LogP contribution in [0.3, 0.4) is 0 Å². The summed E-state index contributed by atoms with van der Waals surface area (Å²) in [5.74, 6) is 1.41. The first-order valence-electron chi connectivity index (χ1n) is 8.20. The molecular formula is C18H22ClNO6S. The highest BCUT2D eigenvalue weighted by Crippen LogP contribution is 2.37. The standard InChI is InChI=1S/C18H22ClNO6S/c1-5-25-15-8-7-12(9-18(15)26-6-2)27(21,22)20-14-11-16(23-3)13(19)10-17(14)24-4/h7-11,20H,5-6H2,1-4H3. The van der Waals surface area contributed by atoms with Gasteiger partial charge in [0.05, 0.1) is 43.0 Å². The van der Waals surface area contributed by atoms with Crippen LogP contribution in [0.25, 0.3) is 0 Å². The Bertz CT molecular complexity index is 901. The second-order valence-electron chi connectivity index (χ2n) is 5.27. The van der Waals surface area contributed by atoms with Gasteiger partial charge in [0.15, 0.2) is 11.5 Å². The summed E-state index contributed by atoms with van der Waals surface area (Å²) in [4.78, 5) is 0.0189. The third kappa shape index (κ3) is 4.90. The topological polar surface area (TPSA) is 83.1 Å². The zero-order chi connectivity index (χ0) is 20.0. The number of nitrogens with one attached hydrogen (secondary N) is 1. The van der Waals surface area contributed by atoms with E-state index in [-0.39, 0.29) is 16.3 Å². The van der Waals surface area contributed by atoms with Crippen molar-refractivity contribution in [2.45, 2.75) is 18.7 Å². The molecule has 0 saturated heterocycles. The third-order valence-corrected chi connectivity index (χ3v) is 5.20. The molecule has 2 aromatic carbocycles. The van der Waals surface area contributed by atoms with Gasteiger partial charge in [-0.25, -0.2) is 8.42 Å². The highest BCUT2D eigenvalue weighted by atomic mass is 35.5. The Morgan fingerprint density at radius 1 is 0.889 bits per heavy atom. The molecule has 9 heteroatoms. The van der Waals surface area contributed by atoms with Crippen LogP contribution < -0.4 is 23.7 Å². The van der Waals surface area contributed by atoms with E-state index in [1.54, 1.807) is 13.0 Å². The summed E-state index contributed by atoms with van der Waals surface area (Å²) in [6.45, 7) is 4.45. The van der Waals surface area contributed by atoms with Crippen LogP contribution in [0.4, 0.5) is 5.69 Å². The molecule has 0 bridgehead atoms. The Morgan fingerprint density at radius 3 is 2.11 bits per heavy atom. The van der Waals surface area contributed by atoms with Crippen LogP contribution in [0.1, 0.15) is 13.8 Å². The van der Waals surface area contributed by atoms with Gasteiger partial charge >= 0.3 is 0 Å². The normalized spacial score (nSPS) is 11.0. The van der Waals surface area contributed by atoms with E-state index in [9.17, 15) is 8.42 Å². The van der Waals surface area contributed by atoms with Crippen molar-refractivity contribution < 1.29 is 27.4 Å². The third-order valence-electron chi connectivity index (χ3n) is 3.54. The largest absolute Gasteiger partial charge is 0.495 e. The van der Waals surface area contributed by atoms with E-state index in [1.165, 1.54) is 38.5 Å². The molecule has 0 aliphatic heterocycles. The highest BCUT2D eigenvalue weighted by Gasteiger charge is 2.20. The summed E-state index contributed by atoms with van der Waals surface area (Å²) in [5, 5.41) is 0.303. The smallest absolute Gasteiger partial charge is 0.262 e. The molecular weight excluding hydrogens is 394 g/mol.